The van der Waals surface area contributed by atoms with E-state index in [1.54, 1.807) is 60.7 Å². The molecule has 20 heteroatoms. The lowest BCUT2D eigenvalue weighted by Crippen LogP contribution is -2.25. The second-order valence-corrected chi connectivity index (χ2v) is 16.2. The number of hydrogen-bond acceptors (Lipinski definition) is 20. The van der Waals surface area contributed by atoms with Crippen molar-refractivity contribution in [2.75, 3.05) is 52.9 Å². The Bertz CT molecular complexity index is 2830. The number of fused-ring (bicyclic) bond motifs is 2. The van der Waals surface area contributed by atoms with Crippen LogP contribution in [-0.2, 0) is 25.4 Å². The fraction of sp³-hybridized carbons (Fsp3) is 0.245. The molecule has 8 rings (SSSR count). The molecular weight excluding hydrogens is 957 g/mol. The summed E-state index contributed by atoms with van der Waals surface area (Å²) in [6.45, 7) is -2.82. The fourth-order valence-corrected chi connectivity index (χ4v) is 7.17. The van der Waals surface area contributed by atoms with Crippen LogP contribution in [0, 0.1) is 0 Å². The molecule has 4 heterocycles. The van der Waals surface area contributed by atoms with Gasteiger partial charge in [-0.15, -0.1) is 0 Å². The molecule has 4 atom stereocenters. The molecule has 0 saturated heterocycles. The third-order valence-electron chi connectivity index (χ3n) is 10.7. The van der Waals surface area contributed by atoms with Gasteiger partial charge >= 0.3 is 23.9 Å². The van der Waals surface area contributed by atoms with Crippen LogP contribution in [0.5, 0.6) is 23.0 Å². The van der Waals surface area contributed by atoms with Crippen LogP contribution < -0.4 is 18.9 Å². The number of aliphatic hydroxyl groups excluding tert-OH is 4. The summed E-state index contributed by atoms with van der Waals surface area (Å²) in [7, 11) is 0. The van der Waals surface area contributed by atoms with Gasteiger partial charge in [0.15, 0.2) is 0 Å². The van der Waals surface area contributed by atoms with Gasteiger partial charge in [-0.3, -0.25) is 0 Å². The number of hydrogen-bond donors (Lipinski definition) is 4. The summed E-state index contributed by atoms with van der Waals surface area (Å²) in [6, 6.07) is 29.2. The average molecular weight is 1000 g/mol. The quantitative estimate of drug-likeness (QED) is 0.0340. The minimum absolute atomic E-state index is 0.0255. The maximum atomic E-state index is 12.5. The molecule has 380 valence electrons. The molecule has 0 bridgehead atoms. The van der Waals surface area contributed by atoms with Gasteiger partial charge in [0.05, 0.1) is 25.1 Å². The number of aliphatic hydroxyl groups is 4. The van der Waals surface area contributed by atoms with Crippen LogP contribution in [0.3, 0.4) is 0 Å². The third kappa shape index (κ3) is 13.9. The standard InChI is InChI=1S/C53H48O20/c54-34(28-70-50(58)46-5-1-17-62-46)24-66-38-13-9-32-11-15-44(68-26-36(56)30-72-52(60)48-7-3-19-64-48)42(40(32)21-38)23-43-41-22-39(67-25-35(55)29-71-51(59)47-6-2-18-63-47)14-10-33(41)12-16-45(43)69-27-37(57)31-73-53(61)49-8-4-20-65-49/h1-22,34-37,54-57H,23-31H2. The van der Waals surface area contributed by atoms with E-state index in [0.717, 1.165) is 10.8 Å². The van der Waals surface area contributed by atoms with Crippen molar-refractivity contribution in [3.05, 3.63) is 168 Å². The number of ether oxygens (including phenoxy) is 8. The minimum Gasteiger partial charge on any atom is -0.491 e. The van der Waals surface area contributed by atoms with E-state index >= 15 is 0 Å². The Hall–Kier alpha value is -8.56. The predicted octanol–water partition coefficient (Wildman–Crippen LogP) is 6.34. The molecule has 4 N–H and O–H groups in total. The molecule has 4 aromatic heterocycles. The second kappa shape index (κ2) is 24.5. The first kappa shape index (κ1) is 50.8. The van der Waals surface area contributed by atoms with Crippen molar-refractivity contribution in [3.8, 4) is 23.0 Å². The summed E-state index contributed by atoms with van der Waals surface area (Å²) in [4.78, 5) is 49.5. The van der Waals surface area contributed by atoms with Crippen LogP contribution in [0.15, 0.2) is 152 Å². The van der Waals surface area contributed by atoms with Gasteiger partial charge in [-0.25, -0.2) is 19.2 Å². The molecule has 8 aromatic rings. The summed E-state index contributed by atoms with van der Waals surface area (Å²) in [6.07, 6.45) is 0.294. The molecule has 0 radical (unpaired) electrons. The van der Waals surface area contributed by atoms with E-state index in [1.807, 2.05) is 0 Å². The normalized spacial score (nSPS) is 12.9. The Morgan fingerprint density at radius 2 is 0.685 bits per heavy atom. The Morgan fingerprint density at radius 1 is 0.384 bits per heavy atom. The largest absolute Gasteiger partial charge is 0.491 e. The van der Waals surface area contributed by atoms with Gasteiger partial charge in [-0.2, -0.15) is 0 Å². The molecule has 0 fully saturated rings. The molecule has 0 aliphatic heterocycles. The zero-order chi connectivity index (χ0) is 51.1. The second-order valence-electron chi connectivity index (χ2n) is 16.2. The lowest BCUT2D eigenvalue weighted by atomic mass is 9.93. The summed E-state index contributed by atoms with van der Waals surface area (Å²) in [5.41, 5.74) is 1.09. The topological polar surface area (TPSA) is 276 Å². The highest BCUT2D eigenvalue weighted by molar-refractivity contribution is 5.93. The highest BCUT2D eigenvalue weighted by Crippen LogP contribution is 2.39. The lowest BCUT2D eigenvalue weighted by molar-refractivity contribution is 0.0103. The fourth-order valence-electron chi connectivity index (χ4n) is 7.17. The molecule has 4 aromatic carbocycles. The third-order valence-corrected chi connectivity index (χ3v) is 10.7. The van der Waals surface area contributed by atoms with Gasteiger partial charge in [-0.1, -0.05) is 24.3 Å². The monoisotopic (exact) mass is 1000 g/mol. The van der Waals surface area contributed by atoms with Gasteiger partial charge < -0.3 is 76.0 Å². The summed E-state index contributed by atoms with van der Waals surface area (Å²) in [5.74, 6) is -1.99. The van der Waals surface area contributed by atoms with E-state index in [0.29, 0.717) is 44.9 Å². The number of carbonyl (C=O) groups excluding carboxylic acids is 4. The van der Waals surface area contributed by atoms with Crippen LogP contribution in [-0.4, -0.2) is 122 Å². The van der Waals surface area contributed by atoms with E-state index in [-0.39, 0.29) is 69.1 Å². The van der Waals surface area contributed by atoms with Crippen molar-refractivity contribution in [1.29, 1.82) is 0 Å². The maximum Gasteiger partial charge on any atom is 0.374 e. The van der Waals surface area contributed by atoms with Crippen molar-refractivity contribution in [3.63, 3.8) is 0 Å². The van der Waals surface area contributed by atoms with Gasteiger partial charge in [0, 0.05) is 17.5 Å². The molecule has 0 aliphatic rings. The summed E-state index contributed by atoms with van der Waals surface area (Å²) >= 11 is 0. The Labute approximate surface area is 414 Å². The van der Waals surface area contributed by atoms with Crippen molar-refractivity contribution >= 4 is 45.4 Å². The van der Waals surface area contributed by atoms with E-state index in [9.17, 15) is 39.6 Å². The molecule has 0 amide bonds. The zero-order valence-electron chi connectivity index (χ0n) is 38.7. The molecular formula is C53H48O20. The highest BCUT2D eigenvalue weighted by atomic mass is 16.6. The summed E-state index contributed by atoms with van der Waals surface area (Å²) < 4.78 is 65.6. The lowest BCUT2D eigenvalue weighted by Gasteiger charge is -2.21. The van der Waals surface area contributed by atoms with Gasteiger partial charge in [-0.05, 0) is 106 Å². The Morgan fingerprint density at radius 3 is 0.986 bits per heavy atom. The predicted molar refractivity (Wildman–Crippen MR) is 253 cm³/mol. The van der Waals surface area contributed by atoms with Crippen LogP contribution in [0.4, 0.5) is 0 Å². The Balaban J connectivity index is 1.08. The van der Waals surface area contributed by atoms with Gasteiger partial charge in [0.25, 0.3) is 0 Å². The van der Waals surface area contributed by atoms with Crippen molar-refractivity contribution in [1.82, 2.24) is 0 Å². The van der Waals surface area contributed by atoms with E-state index in [1.165, 1.54) is 73.6 Å². The van der Waals surface area contributed by atoms with E-state index < -0.39 is 61.5 Å². The van der Waals surface area contributed by atoms with Crippen LogP contribution in [0.25, 0.3) is 21.5 Å². The number of benzene rings is 4. The molecule has 4 unspecified atom stereocenters. The average Bonchev–Trinajstić information content (AvgIpc) is 4.28. The molecule has 0 aliphatic carbocycles. The number of rotatable bonds is 26. The number of carbonyl (C=O) groups is 4. The zero-order valence-corrected chi connectivity index (χ0v) is 38.7. The van der Waals surface area contributed by atoms with E-state index in [2.05, 4.69) is 0 Å². The molecule has 0 saturated carbocycles. The van der Waals surface area contributed by atoms with Crippen LogP contribution in [0.2, 0.25) is 0 Å². The first-order valence-corrected chi connectivity index (χ1v) is 22.6. The maximum absolute atomic E-state index is 12.5. The molecule has 0 spiro atoms. The van der Waals surface area contributed by atoms with Crippen molar-refractivity contribution in [2.24, 2.45) is 0 Å². The number of esters is 4. The summed E-state index contributed by atoms with van der Waals surface area (Å²) in [5, 5.41) is 45.9. The van der Waals surface area contributed by atoms with Crippen molar-refractivity contribution in [2.45, 2.75) is 30.8 Å². The SMILES string of the molecule is O=C(OCC(O)COc1ccc2ccc(OCC(O)COC(=O)c3ccco3)c(Cc3c(OCC(O)COC(=O)c4ccco4)ccc4ccc(OCC(O)COC(=O)c5ccco5)cc34)c2c1)c1ccco1. The first-order valence-electron chi connectivity index (χ1n) is 22.6. The van der Waals surface area contributed by atoms with Crippen molar-refractivity contribution < 1.29 is 95.2 Å². The minimum atomic E-state index is -1.29. The van der Waals surface area contributed by atoms with Crippen LogP contribution in [0.1, 0.15) is 53.3 Å². The van der Waals surface area contributed by atoms with E-state index in [4.69, 9.17) is 55.6 Å². The Kier molecular flexibility index (Phi) is 17.1. The first-order chi connectivity index (χ1) is 35.5. The van der Waals surface area contributed by atoms with Gasteiger partial charge in [0.2, 0.25) is 23.0 Å². The van der Waals surface area contributed by atoms with Crippen LogP contribution >= 0.6 is 0 Å². The highest BCUT2D eigenvalue weighted by Gasteiger charge is 2.22. The molecule has 20 nitrogen and oxygen atoms in total. The molecule has 73 heavy (non-hydrogen) atoms. The smallest absolute Gasteiger partial charge is 0.374 e. The van der Waals surface area contributed by atoms with Gasteiger partial charge in [0.1, 0.15) is 100 Å². The number of furan rings is 4.